The monoisotopic (exact) mass is 414 g/mol. The number of ether oxygens (including phenoxy) is 1. The summed E-state index contributed by atoms with van der Waals surface area (Å²) < 4.78 is 7.14. The van der Waals surface area contributed by atoms with E-state index in [9.17, 15) is 4.79 Å². The number of nitrogens with one attached hydrogen (secondary N) is 2. The second-order valence-electron chi connectivity index (χ2n) is 6.90. The van der Waals surface area contributed by atoms with Gasteiger partial charge in [-0.3, -0.25) is 9.89 Å². The summed E-state index contributed by atoms with van der Waals surface area (Å²) >= 11 is 0. The Bertz CT molecular complexity index is 1240. The highest BCUT2D eigenvalue weighted by Crippen LogP contribution is 2.27. The Labute approximate surface area is 179 Å². The van der Waals surface area contributed by atoms with Crippen LogP contribution in [0.5, 0.6) is 5.75 Å². The number of benzene rings is 2. The maximum absolute atomic E-state index is 12.5. The van der Waals surface area contributed by atoms with Gasteiger partial charge in [0.2, 0.25) is 0 Å². The molecule has 4 rings (SSSR count). The second-order valence-corrected chi connectivity index (χ2v) is 6.90. The molecule has 0 atom stereocenters. The molecule has 1 amide bonds. The van der Waals surface area contributed by atoms with Crippen molar-refractivity contribution in [2.45, 2.75) is 13.8 Å². The zero-order chi connectivity index (χ0) is 21.8. The molecule has 0 bridgehead atoms. The van der Waals surface area contributed by atoms with Crippen LogP contribution in [0.3, 0.4) is 0 Å². The number of H-pyrrole nitrogens is 1. The van der Waals surface area contributed by atoms with Gasteiger partial charge in [0.1, 0.15) is 11.4 Å². The number of hydrogen-bond acceptors (Lipinski definition) is 5. The quantitative estimate of drug-likeness (QED) is 0.372. The Morgan fingerprint density at radius 2 is 1.87 bits per heavy atom. The van der Waals surface area contributed by atoms with E-state index in [2.05, 4.69) is 25.8 Å². The standard InChI is InChI=1S/C23H22N6O2/c1-15-22(16(2)29(28-15)18-10-5-4-6-11-18)19-13-20(26-25-19)23(30)27-24-14-17-9-7-8-12-21(17)31-3/h4-14H,1-3H3,(H,25,26)(H,27,30). The molecule has 2 heterocycles. The molecule has 0 aliphatic rings. The van der Waals surface area contributed by atoms with Gasteiger partial charge in [-0.05, 0) is 44.2 Å². The fraction of sp³-hybridized carbons (Fsp3) is 0.130. The molecule has 0 spiro atoms. The fourth-order valence-electron chi connectivity index (χ4n) is 3.39. The van der Waals surface area contributed by atoms with Crippen molar-refractivity contribution in [3.05, 3.63) is 83.3 Å². The third-order valence-electron chi connectivity index (χ3n) is 4.88. The third kappa shape index (κ3) is 4.09. The predicted molar refractivity (Wildman–Crippen MR) is 119 cm³/mol. The molecule has 31 heavy (non-hydrogen) atoms. The Morgan fingerprint density at radius 3 is 2.65 bits per heavy atom. The van der Waals surface area contributed by atoms with Crippen LogP contribution >= 0.6 is 0 Å². The topological polar surface area (TPSA) is 97.2 Å². The van der Waals surface area contributed by atoms with Crippen LogP contribution < -0.4 is 10.2 Å². The number of para-hydroxylation sites is 2. The van der Waals surface area contributed by atoms with Crippen LogP contribution in [0.1, 0.15) is 27.4 Å². The van der Waals surface area contributed by atoms with E-state index < -0.39 is 5.91 Å². The van der Waals surface area contributed by atoms with Crippen molar-refractivity contribution in [1.82, 2.24) is 25.4 Å². The van der Waals surface area contributed by atoms with Crippen LogP contribution in [0.4, 0.5) is 0 Å². The molecule has 0 saturated carbocycles. The van der Waals surface area contributed by atoms with Gasteiger partial charge in [0, 0.05) is 11.1 Å². The van der Waals surface area contributed by atoms with Gasteiger partial charge >= 0.3 is 0 Å². The molecule has 0 aliphatic carbocycles. The van der Waals surface area contributed by atoms with Crippen LogP contribution in [0.25, 0.3) is 16.9 Å². The molecule has 156 valence electrons. The molecule has 2 N–H and O–H groups in total. The molecular formula is C23H22N6O2. The van der Waals surface area contributed by atoms with E-state index in [4.69, 9.17) is 4.74 Å². The summed E-state index contributed by atoms with van der Waals surface area (Å²) in [7, 11) is 1.58. The molecule has 0 radical (unpaired) electrons. The highest BCUT2D eigenvalue weighted by Gasteiger charge is 2.18. The van der Waals surface area contributed by atoms with Gasteiger partial charge in [-0.25, -0.2) is 10.1 Å². The number of amides is 1. The van der Waals surface area contributed by atoms with Gasteiger partial charge in [-0.15, -0.1) is 0 Å². The molecule has 0 aliphatic heterocycles. The van der Waals surface area contributed by atoms with E-state index in [0.717, 1.165) is 28.2 Å². The number of hydrazone groups is 1. The first-order valence-corrected chi connectivity index (χ1v) is 9.72. The number of carbonyl (C=O) groups is 1. The van der Waals surface area contributed by atoms with E-state index in [1.165, 1.54) is 6.21 Å². The summed E-state index contributed by atoms with van der Waals surface area (Å²) in [4.78, 5) is 12.5. The number of rotatable bonds is 6. The maximum Gasteiger partial charge on any atom is 0.289 e. The Morgan fingerprint density at radius 1 is 1.13 bits per heavy atom. The number of aromatic amines is 1. The second kappa shape index (κ2) is 8.66. The number of nitrogens with zero attached hydrogens (tertiary/aromatic N) is 4. The number of aromatic nitrogens is 4. The highest BCUT2D eigenvalue weighted by molar-refractivity contribution is 5.94. The van der Waals surface area contributed by atoms with E-state index in [0.29, 0.717) is 17.1 Å². The van der Waals surface area contributed by atoms with Crippen molar-refractivity contribution in [3.63, 3.8) is 0 Å². The molecule has 0 fully saturated rings. The minimum atomic E-state index is -0.393. The molecule has 0 saturated heterocycles. The molecule has 4 aromatic rings. The number of carbonyl (C=O) groups excluding carboxylic acids is 1. The Hall–Kier alpha value is -4.20. The van der Waals surface area contributed by atoms with Gasteiger partial charge in [0.25, 0.3) is 5.91 Å². The fourth-order valence-corrected chi connectivity index (χ4v) is 3.39. The first-order chi connectivity index (χ1) is 15.1. The van der Waals surface area contributed by atoms with Crippen LogP contribution in [0.15, 0.2) is 65.8 Å². The Balaban J connectivity index is 1.53. The third-order valence-corrected chi connectivity index (χ3v) is 4.88. The normalized spacial score (nSPS) is 11.1. The Kier molecular flexibility index (Phi) is 5.61. The SMILES string of the molecule is COc1ccccc1C=NNC(=O)c1cc(-c2c(C)nn(-c3ccccc3)c2C)n[nH]1. The molecule has 2 aromatic carbocycles. The van der Waals surface area contributed by atoms with Crippen molar-refractivity contribution < 1.29 is 9.53 Å². The molecule has 8 nitrogen and oxygen atoms in total. The van der Waals surface area contributed by atoms with Gasteiger partial charge in [-0.2, -0.15) is 15.3 Å². The lowest BCUT2D eigenvalue weighted by Crippen LogP contribution is -2.18. The van der Waals surface area contributed by atoms with Gasteiger partial charge in [-0.1, -0.05) is 30.3 Å². The van der Waals surface area contributed by atoms with Crippen molar-refractivity contribution in [2.75, 3.05) is 7.11 Å². The van der Waals surface area contributed by atoms with Gasteiger partial charge in [0.05, 0.1) is 36.1 Å². The van der Waals surface area contributed by atoms with Crippen LogP contribution in [0.2, 0.25) is 0 Å². The van der Waals surface area contributed by atoms with Crippen molar-refractivity contribution >= 4 is 12.1 Å². The zero-order valence-corrected chi connectivity index (χ0v) is 17.5. The number of methoxy groups -OCH3 is 1. The smallest absolute Gasteiger partial charge is 0.289 e. The summed E-state index contributed by atoms with van der Waals surface area (Å²) in [6, 6.07) is 19.0. The average Bonchev–Trinajstić information content (AvgIpc) is 3.38. The summed E-state index contributed by atoms with van der Waals surface area (Å²) in [6.45, 7) is 3.90. The van der Waals surface area contributed by atoms with Crippen molar-refractivity contribution in [2.24, 2.45) is 5.10 Å². The van der Waals surface area contributed by atoms with Crippen molar-refractivity contribution in [3.8, 4) is 22.7 Å². The summed E-state index contributed by atoms with van der Waals surface area (Å²) in [5.74, 6) is 0.279. The zero-order valence-electron chi connectivity index (χ0n) is 17.5. The lowest BCUT2D eigenvalue weighted by Gasteiger charge is -2.04. The predicted octanol–water partition coefficient (Wildman–Crippen LogP) is 3.65. The van der Waals surface area contributed by atoms with Crippen LogP contribution in [-0.4, -0.2) is 39.2 Å². The lowest BCUT2D eigenvalue weighted by molar-refractivity contribution is 0.0950. The van der Waals surface area contributed by atoms with Crippen LogP contribution in [-0.2, 0) is 0 Å². The van der Waals surface area contributed by atoms with Gasteiger partial charge in [0.15, 0.2) is 0 Å². The number of hydrogen-bond donors (Lipinski definition) is 2. The number of aryl methyl sites for hydroxylation is 1. The van der Waals surface area contributed by atoms with Crippen molar-refractivity contribution in [1.29, 1.82) is 0 Å². The molecular weight excluding hydrogens is 392 g/mol. The van der Waals surface area contributed by atoms with Gasteiger partial charge < -0.3 is 4.74 Å². The molecule has 2 aromatic heterocycles. The average molecular weight is 414 g/mol. The summed E-state index contributed by atoms with van der Waals surface area (Å²) in [5, 5.41) is 15.8. The minimum Gasteiger partial charge on any atom is -0.496 e. The molecule has 8 heteroatoms. The summed E-state index contributed by atoms with van der Waals surface area (Å²) in [6.07, 6.45) is 1.53. The first kappa shape index (κ1) is 20.1. The van der Waals surface area contributed by atoms with E-state index in [-0.39, 0.29) is 0 Å². The lowest BCUT2D eigenvalue weighted by atomic mass is 10.1. The molecule has 0 unspecified atom stereocenters. The highest BCUT2D eigenvalue weighted by atomic mass is 16.5. The van der Waals surface area contributed by atoms with Crippen LogP contribution in [0, 0.1) is 13.8 Å². The van der Waals surface area contributed by atoms with E-state index in [1.807, 2.05) is 73.1 Å². The largest absolute Gasteiger partial charge is 0.496 e. The first-order valence-electron chi connectivity index (χ1n) is 9.72. The summed E-state index contributed by atoms with van der Waals surface area (Å²) in [5.41, 5.74) is 7.84. The van der Waals surface area contributed by atoms with E-state index >= 15 is 0 Å². The maximum atomic E-state index is 12.5. The minimum absolute atomic E-state index is 0.304. The van der Waals surface area contributed by atoms with E-state index in [1.54, 1.807) is 13.2 Å².